The van der Waals surface area contributed by atoms with Crippen LogP contribution in [0.1, 0.15) is 24.9 Å². The van der Waals surface area contributed by atoms with Crippen LogP contribution in [0, 0.1) is 0 Å². The van der Waals surface area contributed by atoms with E-state index in [1.165, 1.54) is 5.56 Å². The Morgan fingerprint density at radius 3 is 3.17 bits per heavy atom. The summed E-state index contributed by atoms with van der Waals surface area (Å²) in [6, 6.07) is 2.47. The van der Waals surface area contributed by atoms with Crippen LogP contribution in [0.2, 0.25) is 0 Å². The van der Waals surface area contributed by atoms with Gasteiger partial charge in [-0.15, -0.1) is 0 Å². The summed E-state index contributed by atoms with van der Waals surface area (Å²) in [6.45, 7) is 3.83. The minimum absolute atomic E-state index is 0.309. The second-order valence-electron chi connectivity index (χ2n) is 4.16. The second-order valence-corrected chi connectivity index (χ2v) is 4.94. The minimum atomic E-state index is 0.309. The zero-order valence-corrected chi connectivity index (χ0v) is 11.6. The average molecular weight is 265 g/mol. The normalized spacial score (nSPS) is 12.6. The molecule has 0 saturated heterocycles. The zero-order valence-electron chi connectivity index (χ0n) is 10.8. The number of anilines is 1. The van der Waals surface area contributed by atoms with E-state index >= 15 is 0 Å². The molecule has 0 aromatic carbocycles. The Morgan fingerprint density at radius 2 is 2.44 bits per heavy atom. The van der Waals surface area contributed by atoms with Crippen LogP contribution < -0.4 is 5.32 Å². The molecule has 0 fully saturated rings. The molecule has 0 aliphatic rings. The first-order valence-electron chi connectivity index (χ1n) is 6.10. The summed E-state index contributed by atoms with van der Waals surface area (Å²) in [6.07, 6.45) is 4.83. The van der Waals surface area contributed by atoms with Gasteiger partial charge in [-0.25, -0.2) is 4.98 Å². The number of imidazole rings is 1. The fourth-order valence-corrected chi connectivity index (χ4v) is 2.60. The lowest BCUT2D eigenvalue weighted by atomic mass is 10.2. The summed E-state index contributed by atoms with van der Waals surface area (Å²) >= 11 is 1.72. The summed E-state index contributed by atoms with van der Waals surface area (Å²) in [4.78, 5) is 4.36. The van der Waals surface area contributed by atoms with Crippen molar-refractivity contribution in [2.45, 2.75) is 19.4 Å². The molecule has 1 atom stereocenters. The second kappa shape index (κ2) is 6.56. The first-order chi connectivity index (χ1) is 8.83. The van der Waals surface area contributed by atoms with Crippen molar-refractivity contribution in [2.24, 2.45) is 0 Å². The van der Waals surface area contributed by atoms with Crippen LogP contribution >= 0.6 is 11.3 Å². The molecular formula is C13H19N3OS. The van der Waals surface area contributed by atoms with E-state index in [2.05, 4.69) is 38.6 Å². The monoisotopic (exact) mass is 265 g/mol. The third-order valence-electron chi connectivity index (χ3n) is 2.92. The molecule has 0 bridgehead atoms. The number of hydrogen-bond acceptors (Lipinski definition) is 4. The van der Waals surface area contributed by atoms with Crippen molar-refractivity contribution >= 4 is 17.3 Å². The Morgan fingerprint density at radius 1 is 1.56 bits per heavy atom. The van der Waals surface area contributed by atoms with Crippen LogP contribution in [0.5, 0.6) is 0 Å². The number of methoxy groups -OCH3 is 1. The van der Waals surface area contributed by atoms with Crippen molar-refractivity contribution in [3.63, 3.8) is 0 Å². The van der Waals surface area contributed by atoms with Crippen LogP contribution in [0.15, 0.2) is 29.2 Å². The van der Waals surface area contributed by atoms with Crippen molar-refractivity contribution in [1.82, 2.24) is 9.55 Å². The number of ether oxygens (including phenoxy) is 1. The molecule has 18 heavy (non-hydrogen) atoms. The van der Waals surface area contributed by atoms with E-state index in [4.69, 9.17) is 4.74 Å². The number of aromatic nitrogens is 2. The molecule has 4 nitrogen and oxygen atoms in total. The molecule has 0 amide bonds. The van der Waals surface area contributed by atoms with E-state index in [1.807, 2.05) is 12.4 Å². The lowest BCUT2D eigenvalue weighted by Gasteiger charge is -2.16. The number of nitrogens with zero attached hydrogens (tertiary/aromatic N) is 2. The fourth-order valence-electron chi connectivity index (χ4n) is 1.85. The molecule has 0 spiro atoms. The SMILES string of the molecule is COCCCNc1nccn1C(C)c1ccsc1. The predicted molar refractivity (Wildman–Crippen MR) is 75.3 cm³/mol. The van der Waals surface area contributed by atoms with Gasteiger partial charge in [0.2, 0.25) is 5.95 Å². The van der Waals surface area contributed by atoms with E-state index < -0.39 is 0 Å². The Bertz CT molecular complexity index is 453. The summed E-state index contributed by atoms with van der Waals surface area (Å²) in [5.41, 5.74) is 1.32. The molecule has 98 valence electrons. The van der Waals surface area contributed by atoms with Gasteiger partial charge in [0.15, 0.2) is 0 Å². The maximum atomic E-state index is 5.03. The van der Waals surface area contributed by atoms with E-state index in [0.29, 0.717) is 6.04 Å². The number of rotatable bonds is 7. The van der Waals surface area contributed by atoms with Gasteiger partial charge >= 0.3 is 0 Å². The number of hydrogen-bond donors (Lipinski definition) is 1. The van der Waals surface area contributed by atoms with Crippen LogP contribution in [0.4, 0.5) is 5.95 Å². The molecule has 1 unspecified atom stereocenters. The molecule has 0 aliphatic heterocycles. The maximum Gasteiger partial charge on any atom is 0.203 e. The summed E-state index contributed by atoms with van der Waals surface area (Å²) in [7, 11) is 1.72. The molecule has 5 heteroatoms. The molecular weight excluding hydrogens is 246 g/mol. The van der Waals surface area contributed by atoms with Crippen LogP contribution in [-0.2, 0) is 4.74 Å². The quantitative estimate of drug-likeness (QED) is 0.782. The molecule has 2 aromatic heterocycles. The smallest absolute Gasteiger partial charge is 0.203 e. The van der Waals surface area contributed by atoms with Gasteiger partial charge in [-0.1, -0.05) is 0 Å². The van der Waals surface area contributed by atoms with Gasteiger partial charge in [-0.3, -0.25) is 0 Å². The van der Waals surface area contributed by atoms with E-state index in [-0.39, 0.29) is 0 Å². The first kappa shape index (κ1) is 13.1. The standard InChI is InChI=1S/C13H19N3OS/c1-11(12-4-9-18-10-12)16-7-6-15-13(16)14-5-3-8-17-2/h4,6-7,9-11H,3,5,8H2,1-2H3,(H,14,15). The largest absolute Gasteiger partial charge is 0.385 e. The maximum absolute atomic E-state index is 5.03. The van der Waals surface area contributed by atoms with Gasteiger partial charge in [0.05, 0.1) is 6.04 Å². The zero-order chi connectivity index (χ0) is 12.8. The Balaban J connectivity index is 1.99. The highest BCUT2D eigenvalue weighted by atomic mass is 32.1. The van der Waals surface area contributed by atoms with Crippen LogP contribution in [0.25, 0.3) is 0 Å². The highest BCUT2D eigenvalue weighted by Crippen LogP contribution is 2.23. The number of thiophene rings is 1. The van der Waals surface area contributed by atoms with Crippen LogP contribution in [-0.4, -0.2) is 29.8 Å². The van der Waals surface area contributed by atoms with Crippen molar-refractivity contribution in [1.29, 1.82) is 0 Å². The molecule has 2 heterocycles. The van der Waals surface area contributed by atoms with Gasteiger partial charge in [-0.05, 0) is 35.7 Å². The Hall–Kier alpha value is -1.33. The van der Waals surface area contributed by atoms with Gasteiger partial charge in [-0.2, -0.15) is 11.3 Å². The molecule has 1 N–H and O–H groups in total. The summed E-state index contributed by atoms with van der Waals surface area (Å²) in [5, 5.41) is 7.63. The van der Waals surface area contributed by atoms with Crippen molar-refractivity contribution < 1.29 is 4.74 Å². The lowest BCUT2D eigenvalue weighted by Crippen LogP contribution is -2.13. The molecule has 0 aliphatic carbocycles. The third kappa shape index (κ3) is 3.11. The molecule has 0 saturated carbocycles. The van der Waals surface area contributed by atoms with Crippen molar-refractivity contribution in [3.8, 4) is 0 Å². The van der Waals surface area contributed by atoms with Gasteiger partial charge < -0.3 is 14.6 Å². The Kier molecular flexibility index (Phi) is 4.78. The summed E-state index contributed by atoms with van der Waals surface area (Å²) < 4.78 is 7.19. The minimum Gasteiger partial charge on any atom is -0.385 e. The highest BCUT2D eigenvalue weighted by molar-refractivity contribution is 7.07. The van der Waals surface area contributed by atoms with E-state index in [0.717, 1.165) is 25.5 Å². The molecule has 0 radical (unpaired) electrons. The average Bonchev–Trinajstić information content (AvgIpc) is 3.04. The highest BCUT2D eigenvalue weighted by Gasteiger charge is 2.11. The van der Waals surface area contributed by atoms with E-state index in [1.54, 1.807) is 18.4 Å². The fraction of sp³-hybridized carbons (Fsp3) is 0.462. The Labute approximate surface area is 112 Å². The van der Waals surface area contributed by atoms with Crippen LogP contribution in [0.3, 0.4) is 0 Å². The van der Waals surface area contributed by atoms with Crippen molar-refractivity contribution in [2.75, 3.05) is 25.6 Å². The van der Waals surface area contributed by atoms with Gasteiger partial charge in [0, 0.05) is 32.7 Å². The molecule has 2 rings (SSSR count). The first-order valence-corrected chi connectivity index (χ1v) is 7.05. The number of nitrogens with one attached hydrogen (secondary N) is 1. The van der Waals surface area contributed by atoms with Gasteiger partial charge in [0.25, 0.3) is 0 Å². The molecule has 2 aromatic rings. The topological polar surface area (TPSA) is 39.1 Å². The summed E-state index contributed by atoms with van der Waals surface area (Å²) in [5.74, 6) is 0.921. The van der Waals surface area contributed by atoms with Gasteiger partial charge in [0.1, 0.15) is 0 Å². The predicted octanol–water partition coefficient (Wildman–Crippen LogP) is 3.00. The van der Waals surface area contributed by atoms with E-state index in [9.17, 15) is 0 Å². The van der Waals surface area contributed by atoms with Crippen molar-refractivity contribution in [3.05, 3.63) is 34.8 Å². The third-order valence-corrected chi connectivity index (χ3v) is 3.62. The lowest BCUT2D eigenvalue weighted by molar-refractivity contribution is 0.197.